The molecule has 1 fully saturated rings. The third-order valence-corrected chi connectivity index (χ3v) is 3.95. The monoisotopic (exact) mass is 403 g/mol. The zero-order valence-electron chi connectivity index (χ0n) is 15.9. The minimum atomic E-state index is -1.82. The predicted octanol–water partition coefficient (Wildman–Crippen LogP) is 1.97. The second-order valence-electron chi connectivity index (χ2n) is 6.17. The Morgan fingerprint density at radius 3 is 2.21 bits per heavy atom. The summed E-state index contributed by atoms with van der Waals surface area (Å²) >= 11 is 0. The lowest BCUT2D eigenvalue weighted by Crippen LogP contribution is -2.39. The number of benzene rings is 2. The number of carboxylic acid groups (broad SMARTS) is 2. The molecule has 8 nitrogen and oxygen atoms in total. The number of para-hydroxylation sites is 1. The van der Waals surface area contributed by atoms with Crippen molar-refractivity contribution in [2.45, 2.75) is 12.2 Å². The molecule has 1 heterocycles. The minimum absolute atomic E-state index is 0.0253. The molecule has 0 radical (unpaired) electrons. The third-order valence-electron chi connectivity index (χ3n) is 3.95. The van der Waals surface area contributed by atoms with Gasteiger partial charge in [-0.05, 0) is 17.7 Å². The van der Waals surface area contributed by atoms with Gasteiger partial charge in [0.1, 0.15) is 18.5 Å². The lowest BCUT2D eigenvalue weighted by molar-refractivity contribution is -0.159. The Morgan fingerprint density at radius 1 is 0.966 bits per heavy atom. The molecule has 1 aliphatic heterocycles. The van der Waals surface area contributed by atoms with E-state index in [9.17, 15) is 0 Å². The second kappa shape index (κ2) is 12.5. The molecule has 156 valence electrons. The summed E-state index contributed by atoms with van der Waals surface area (Å²) < 4.78 is 17.4. The smallest absolute Gasteiger partial charge is 0.414 e. The largest absolute Gasteiger partial charge is 0.492 e. The summed E-state index contributed by atoms with van der Waals surface area (Å²) in [5.41, 5.74) is 1.17. The van der Waals surface area contributed by atoms with Gasteiger partial charge >= 0.3 is 11.9 Å². The van der Waals surface area contributed by atoms with E-state index < -0.39 is 11.9 Å². The molecule has 2 aromatic rings. The summed E-state index contributed by atoms with van der Waals surface area (Å²) in [4.78, 5) is 18.2. The molecular weight excluding hydrogens is 378 g/mol. The van der Waals surface area contributed by atoms with Crippen LogP contribution < -0.4 is 10.1 Å². The van der Waals surface area contributed by atoms with Crippen molar-refractivity contribution in [3.05, 3.63) is 66.2 Å². The van der Waals surface area contributed by atoms with Crippen LogP contribution in [0.2, 0.25) is 0 Å². The van der Waals surface area contributed by atoms with E-state index in [1.807, 2.05) is 48.5 Å². The maximum absolute atomic E-state index is 9.10. The average molecular weight is 403 g/mol. The van der Waals surface area contributed by atoms with Crippen molar-refractivity contribution >= 4 is 11.9 Å². The van der Waals surface area contributed by atoms with E-state index in [-0.39, 0.29) is 12.2 Å². The molecule has 29 heavy (non-hydrogen) atoms. The number of carbonyl (C=O) groups is 2. The molecule has 3 rings (SSSR count). The van der Waals surface area contributed by atoms with Crippen molar-refractivity contribution in [2.75, 3.05) is 32.9 Å². The fourth-order valence-electron chi connectivity index (χ4n) is 2.59. The van der Waals surface area contributed by atoms with Gasteiger partial charge in [-0.15, -0.1) is 0 Å². The van der Waals surface area contributed by atoms with Crippen LogP contribution in [-0.4, -0.2) is 61.2 Å². The highest BCUT2D eigenvalue weighted by molar-refractivity contribution is 6.27. The Morgan fingerprint density at radius 2 is 1.59 bits per heavy atom. The van der Waals surface area contributed by atoms with Crippen LogP contribution in [-0.2, 0) is 19.1 Å². The zero-order chi connectivity index (χ0) is 20.9. The number of rotatable bonds is 7. The van der Waals surface area contributed by atoms with E-state index in [4.69, 9.17) is 34.0 Å². The second-order valence-corrected chi connectivity index (χ2v) is 6.17. The number of hydrogen-bond acceptors (Lipinski definition) is 6. The van der Waals surface area contributed by atoms with Crippen LogP contribution >= 0.6 is 0 Å². The molecule has 0 unspecified atom stereocenters. The molecule has 1 aliphatic rings. The van der Waals surface area contributed by atoms with Crippen LogP contribution in [0, 0.1) is 0 Å². The fourth-order valence-corrected chi connectivity index (χ4v) is 2.59. The number of hydrogen-bond donors (Lipinski definition) is 3. The Balaban J connectivity index is 0.000000438. The highest BCUT2D eigenvalue weighted by Crippen LogP contribution is 2.23. The molecule has 0 saturated carbocycles. The van der Waals surface area contributed by atoms with Crippen LogP contribution in [0.15, 0.2) is 60.7 Å². The van der Waals surface area contributed by atoms with Crippen molar-refractivity contribution in [1.29, 1.82) is 0 Å². The Labute approximate surface area is 169 Å². The van der Waals surface area contributed by atoms with Gasteiger partial charge in [0.25, 0.3) is 0 Å². The molecule has 2 aromatic carbocycles. The Bertz CT molecular complexity index is 727. The van der Waals surface area contributed by atoms with Crippen molar-refractivity contribution < 1.29 is 34.0 Å². The van der Waals surface area contributed by atoms with E-state index in [2.05, 4.69) is 17.4 Å². The predicted molar refractivity (Wildman–Crippen MR) is 105 cm³/mol. The van der Waals surface area contributed by atoms with Crippen molar-refractivity contribution in [1.82, 2.24) is 5.32 Å². The van der Waals surface area contributed by atoms with E-state index in [0.29, 0.717) is 19.8 Å². The van der Waals surface area contributed by atoms with Crippen molar-refractivity contribution in [3.8, 4) is 5.75 Å². The van der Waals surface area contributed by atoms with Crippen molar-refractivity contribution in [3.63, 3.8) is 0 Å². The van der Waals surface area contributed by atoms with E-state index in [0.717, 1.165) is 18.8 Å². The summed E-state index contributed by atoms with van der Waals surface area (Å²) in [6.07, 6.45) is 0.100. The highest BCUT2D eigenvalue weighted by Gasteiger charge is 2.23. The lowest BCUT2D eigenvalue weighted by Gasteiger charge is -2.30. The van der Waals surface area contributed by atoms with Gasteiger partial charge in [0.2, 0.25) is 0 Å². The topological polar surface area (TPSA) is 114 Å². The maximum Gasteiger partial charge on any atom is 0.414 e. The molecule has 3 N–H and O–H groups in total. The Kier molecular flexibility index (Phi) is 9.64. The van der Waals surface area contributed by atoms with E-state index in [1.54, 1.807) is 0 Å². The normalized spacial score (nSPS) is 18.2. The van der Waals surface area contributed by atoms with Crippen LogP contribution in [0.5, 0.6) is 5.75 Å². The quantitative estimate of drug-likeness (QED) is 0.475. The number of ether oxygens (including phenoxy) is 3. The molecule has 0 aliphatic carbocycles. The van der Waals surface area contributed by atoms with Crippen LogP contribution in [0.25, 0.3) is 0 Å². The van der Waals surface area contributed by atoms with Gasteiger partial charge in [0.15, 0.2) is 0 Å². The van der Waals surface area contributed by atoms with Gasteiger partial charge in [-0.2, -0.15) is 0 Å². The lowest BCUT2D eigenvalue weighted by atomic mass is 10.1. The third kappa shape index (κ3) is 8.73. The first kappa shape index (κ1) is 22.4. The summed E-state index contributed by atoms with van der Waals surface area (Å²) in [5.74, 6) is -2.75. The number of aliphatic carboxylic acids is 2. The molecule has 8 heteroatoms. The molecule has 0 spiro atoms. The van der Waals surface area contributed by atoms with Crippen LogP contribution in [0.1, 0.15) is 11.7 Å². The summed E-state index contributed by atoms with van der Waals surface area (Å²) in [6, 6.07) is 20.1. The summed E-state index contributed by atoms with van der Waals surface area (Å²) in [7, 11) is 0. The number of nitrogens with one attached hydrogen (secondary N) is 1. The van der Waals surface area contributed by atoms with Crippen LogP contribution in [0.4, 0.5) is 0 Å². The first-order valence-electron chi connectivity index (χ1n) is 9.19. The van der Waals surface area contributed by atoms with Gasteiger partial charge in [-0.1, -0.05) is 48.5 Å². The SMILES string of the molecule is O=C(O)C(=O)O.c1ccc(OCCNC[C@@H]2COC[C@@H](c3ccccc3)O2)cc1. The van der Waals surface area contributed by atoms with Crippen LogP contribution in [0.3, 0.4) is 0 Å². The molecule has 1 saturated heterocycles. The first-order chi connectivity index (χ1) is 14.1. The average Bonchev–Trinajstić information content (AvgIpc) is 2.75. The summed E-state index contributed by atoms with van der Waals surface area (Å²) in [5, 5.41) is 18.1. The van der Waals surface area contributed by atoms with Gasteiger partial charge in [0.05, 0.1) is 19.3 Å². The standard InChI is InChI=1S/C19H23NO3.C2H2O4/c1-3-7-16(8-4-1)19-15-21-14-18(23-19)13-20-11-12-22-17-9-5-2-6-10-17;3-1(4)2(5)6/h1-10,18-20H,11-15H2;(H,3,4)(H,5,6)/t18-,19+;/m1./s1. The van der Waals surface area contributed by atoms with Gasteiger partial charge in [0, 0.05) is 13.1 Å². The zero-order valence-corrected chi connectivity index (χ0v) is 15.9. The molecule has 0 aromatic heterocycles. The number of carboxylic acids is 2. The maximum atomic E-state index is 9.10. The molecule has 2 atom stereocenters. The van der Waals surface area contributed by atoms with E-state index in [1.165, 1.54) is 5.56 Å². The first-order valence-corrected chi connectivity index (χ1v) is 9.19. The molecular formula is C21H25NO7. The van der Waals surface area contributed by atoms with Gasteiger partial charge < -0.3 is 29.7 Å². The fraction of sp³-hybridized carbons (Fsp3) is 0.333. The highest BCUT2D eigenvalue weighted by atomic mass is 16.6. The van der Waals surface area contributed by atoms with Gasteiger partial charge in [-0.25, -0.2) is 9.59 Å². The van der Waals surface area contributed by atoms with E-state index >= 15 is 0 Å². The summed E-state index contributed by atoms with van der Waals surface area (Å²) in [6.45, 7) is 3.44. The molecule has 0 bridgehead atoms. The van der Waals surface area contributed by atoms with Crippen molar-refractivity contribution in [2.24, 2.45) is 0 Å². The van der Waals surface area contributed by atoms with Gasteiger partial charge in [-0.3, -0.25) is 0 Å². The molecule has 0 amide bonds. The Hall–Kier alpha value is -2.94. The minimum Gasteiger partial charge on any atom is -0.492 e.